The molecule has 0 amide bonds. The number of hydrogen-bond donors (Lipinski definition) is 2. The first-order valence-electron chi connectivity index (χ1n) is 7.21. The van der Waals surface area contributed by atoms with Crippen molar-refractivity contribution in [1.29, 1.82) is 0 Å². The Morgan fingerprint density at radius 1 is 1.26 bits per heavy atom. The molecule has 0 saturated heterocycles. The minimum absolute atomic E-state index is 0.428. The molecule has 1 unspecified atom stereocenters. The van der Waals surface area contributed by atoms with Gasteiger partial charge >= 0.3 is 0 Å². The molecule has 19 heavy (non-hydrogen) atoms. The van der Waals surface area contributed by atoms with Crippen molar-refractivity contribution in [1.82, 2.24) is 4.98 Å². The highest BCUT2D eigenvalue weighted by atomic mass is 35.5. The molecule has 3 heteroatoms. The van der Waals surface area contributed by atoms with Crippen LogP contribution in [0.4, 0.5) is 0 Å². The number of halogens is 1. The van der Waals surface area contributed by atoms with Crippen LogP contribution in [0, 0.1) is 0 Å². The number of hydrogen-bond acceptors (Lipinski definition) is 1. The van der Waals surface area contributed by atoms with E-state index in [1.165, 1.54) is 22.2 Å². The van der Waals surface area contributed by atoms with Crippen molar-refractivity contribution in [2.45, 2.75) is 45.4 Å². The summed E-state index contributed by atoms with van der Waals surface area (Å²) in [5, 5.41) is 2.06. The second-order valence-corrected chi connectivity index (χ2v) is 5.61. The zero-order chi connectivity index (χ0) is 13.8. The van der Waals surface area contributed by atoms with E-state index in [4.69, 9.17) is 17.3 Å². The molecule has 0 aliphatic carbocycles. The van der Waals surface area contributed by atoms with Gasteiger partial charge in [-0.15, -0.1) is 0 Å². The maximum absolute atomic E-state index is 6.14. The molecule has 1 aromatic carbocycles. The lowest BCUT2D eigenvalue weighted by Crippen LogP contribution is -2.14. The lowest BCUT2D eigenvalue weighted by molar-refractivity contribution is 0.604. The molecule has 0 aliphatic rings. The average molecular weight is 279 g/mol. The fraction of sp³-hybridized carbons (Fsp3) is 0.500. The Morgan fingerprint density at radius 2 is 2.05 bits per heavy atom. The second-order valence-electron chi connectivity index (χ2n) is 5.18. The van der Waals surface area contributed by atoms with Gasteiger partial charge in [0.1, 0.15) is 0 Å². The summed E-state index contributed by atoms with van der Waals surface area (Å²) in [4.78, 5) is 3.57. The molecular formula is C16H23ClN2. The van der Waals surface area contributed by atoms with Gasteiger partial charge in [-0.3, -0.25) is 0 Å². The van der Waals surface area contributed by atoms with Crippen molar-refractivity contribution >= 4 is 22.5 Å². The summed E-state index contributed by atoms with van der Waals surface area (Å²) in [6, 6.07) is 6.08. The van der Waals surface area contributed by atoms with Crippen LogP contribution in [0.5, 0.6) is 0 Å². The van der Waals surface area contributed by atoms with Gasteiger partial charge in [-0.1, -0.05) is 38.3 Å². The van der Waals surface area contributed by atoms with Crippen molar-refractivity contribution in [2.75, 3.05) is 6.54 Å². The summed E-state index contributed by atoms with van der Waals surface area (Å²) in [5.74, 6) is 0.428. The van der Waals surface area contributed by atoms with E-state index in [0.717, 1.165) is 30.7 Å². The number of aryl methyl sites for hydroxylation is 1. The van der Waals surface area contributed by atoms with Crippen LogP contribution in [0.25, 0.3) is 10.9 Å². The smallest absolute Gasteiger partial charge is 0.0460 e. The molecule has 2 nitrogen and oxygen atoms in total. The quantitative estimate of drug-likeness (QED) is 0.796. The minimum atomic E-state index is 0.428. The monoisotopic (exact) mass is 278 g/mol. The summed E-state index contributed by atoms with van der Waals surface area (Å²) in [6.07, 6.45) is 4.50. The molecule has 0 bridgehead atoms. The minimum Gasteiger partial charge on any atom is -0.358 e. The van der Waals surface area contributed by atoms with Crippen molar-refractivity contribution in [3.63, 3.8) is 0 Å². The van der Waals surface area contributed by atoms with Gasteiger partial charge in [-0.2, -0.15) is 0 Å². The van der Waals surface area contributed by atoms with Crippen molar-refractivity contribution in [2.24, 2.45) is 5.73 Å². The standard InChI is InChI=1S/C16H23ClN2/c1-3-5-11(10-18)16-13(6-4-2)14-9-12(17)7-8-15(14)19-16/h7-9,11,19H,3-6,10,18H2,1-2H3. The number of nitrogens with one attached hydrogen (secondary N) is 1. The first-order chi connectivity index (χ1) is 9.21. The van der Waals surface area contributed by atoms with Gasteiger partial charge in [0.15, 0.2) is 0 Å². The van der Waals surface area contributed by atoms with Crippen molar-refractivity contribution in [3.8, 4) is 0 Å². The van der Waals surface area contributed by atoms with E-state index in [0.29, 0.717) is 12.5 Å². The number of fused-ring (bicyclic) bond motifs is 1. The topological polar surface area (TPSA) is 41.8 Å². The predicted octanol–water partition coefficient (Wildman–Crippen LogP) is 4.62. The van der Waals surface area contributed by atoms with Gasteiger partial charge in [0.25, 0.3) is 0 Å². The highest BCUT2D eigenvalue weighted by Gasteiger charge is 2.18. The Balaban J connectivity index is 2.55. The summed E-state index contributed by atoms with van der Waals surface area (Å²) in [7, 11) is 0. The molecule has 0 spiro atoms. The summed E-state index contributed by atoms with van der Waals surface area (Å²) < 4.78 is 0. The lowest BCUT2D eigenvalue weighted by Gasteiger charge is -2.14. The van der Waals surface area contributed by atoms with Gasteiger partial charge in [0.05, 0.1) is 0 Å². The van der Waals surface area contributed by atoms with Crippen LogP contribution in [-0.4, -0.2) is 11.5 Å². The van der Waals surface area contributed by atoms with Crippen LogP contribution in [0.3, 0.4) is 0 Å². The van der Waals surface area contributed by atoms with Gasteiger partial charge in [0, 0.05) is 34.1 Å². The van der Waals surface area contributed by atoms with Crippen molar-refractivity contribution in [3.05, 3.63) is 34.5 Å². The Bertz CT molecular complexity index is 545. The van der Waals surface area contributed by atoms with Gasteiger partial charge < -0.3 is 10.7 Å². The maximum atomic E-state index is 6.14. The van der Waals surface area contributed by atoms with Gasteiger partial charge in [0.2, 0.25) is 0 Å². The highest BCUT2D eigenvalue weighted by molar-refractivity contribution is 6.31. The summed E-state index contributed by atoms with van der Waals surface area (Å²) in [5.41, 5.74) is 9.87. The number of nitrogens with two attached hydrogens (primary N) is 1. The van der Waals surface area contributed by atoms with E-state index in [9.17, 15) is 0 Å². The molecular weight excluding hydrogens is 256 g/mol. The summed E-state index contributed by atoms with van der Waals surface area (Å²) in [6.45, 7) is 5.12. The average Bonchev–Trinajstić information content (AvgIpc) is 2.75. The van der Waals surface area contributed by atoms with E-state index in [2.05, 4.69) is 31.0 Å². The molecule has 0 radical (unpaired) electrons. The van der Waals surface area contributed by atoms with Crippen LogP contribution in [0.2, 0.25) is 5.02 Å². The third-order valence-corrected chi connectivity index (χ3v) is 3.97. The number of benzene rings is 1. The molecule has 1 aromatic heterocycles. The van der Waals surface area contributed by atoms with Crippen LogP contribution in [0.1, 0.15) is 50.3 Å². The third kappa shape index (κ3) is 2.96. The third-order valence-electron chi connectivity index (χ3n) is 3.73. The predicted molar refractivity (Wildman–Crippen MR) is 84.0 cm³/mol. The fourth-order valence-electron chi connectivity index (χ4n) is 2.84. The van der Waals surface area contributed by atoms with Crippen LogP contribution in [-0.2, 0) is 6.42 Å². The first kappa shape index (κ1) is 14.4. The normalized spacial score (nSPS) is 13.1. The molecule has 0 saturated carbocycles. The zero-order valence-corrected chi connectivity index (χ0v) is 12.6. The largest absolute Gasteiger partial charge is 0.358 e. The summed E-state index contributed by atoms with van der Waals surface area (Å²) >= 11 is 6.14. The SMILES string of the molecule is CCCc1c(C(CN)CCC)[nH]c2ccc(Cl)cc12. The van der Waals surface area contributed by atoms with E-state index in [1.807, 2.05) is 6.07 Å². The molecule has 2 rings (SSSR count). The number of aromatic amines is 1. The molecule has 1 heterocycles. The molecule has 0 aliphatic heterocycles. The van der Waals surface area contributed by atoms with Crippen LogP contribution in [0.15, 0.2) is 18.2 Å². The molecule has 3 N–H and O–H groups in total. The number of rotatable bonds is 6. The number of H-pyrrole nitrogens is 1. The van der Waals surface area contributed by atoms with E-state index in [1.54, 1.807) is 0 Å². The van der Waals surface area contributed by atoms with Gasteiger partial charge in [-0.25, -0.2) is 0 Å². The fourth-order valence-corrected chi connectivity index (χ4v) is 3.01. The van der Waals surface area contributed by atoms with E-state index >= 15 is 0 Å². The molecule has 104 valence electrons. The lowest BCUT2D eigenvalue weighted by atomic mass is 9.94. The maximum Gasteiger partial charge on any atom is 0.0460 e. The van der Waals surface area contributed by atoms with Crippen LogP contribution >= 0.6 is 11.6 Å². The Labute approximate surface area is 120 Å². The van der Waals surface area contributed by atoms with Crippen LogP contribution < -0.4 is 5.73 Å². The molecule has 1 atom stereocenters. The molecule has 0 fully saturated rings. The highest BCUT2D eigenvalue weighted by Crippen LogP contribution is 2.32. The zero-order valence-electron chi connectivity index (χ0n) is 11.8. The number of aromatic nitrogens is 1. The molecule has 2 aromatic rings. The Kier molecular flexibility index (Phi) is 4.89. The van der Waals surface area contributed by atoms with E-state index in [-0.39, 0.29) is 0 Å². The van der Waals surface area contributed by atoms with E-state index < -0.39 is 0 Å². The Hall–Kier alpha value is -0.990. The Morgan fingerprint density at radius 3 is 2.68 bits per heavy atom. The second kappa shape index (κ2) is 6.44. The first-order valence-corrected chi connectivity index (χ1v) is 7.59. The van der Waals surface area contributed by atoms with Crippen molar-refractivity contribution < 1.29 is 0 Å². The van der Waals surface area contributed by atoms with Gasteiger partial charge in [-0.05, 0) is 36.6 Å².